The van der Waals surface area contributed by atoms with E-state index in [0.29, 0.717) is 23.8 Å². The zero-order valence-electron chi connectivity index (χ0n) is 16.0. The monoisotopic (exact) mass is 415 g/mol. The highest BCUT2D eigenvalue weighted by atomic mass is 19.1. The first-order valence-corrected chi connectivity index (χ1v) is 8.81. The van der Waals surface area contributed by atoms with E-state index < -0.39 is 29.2 Å². The number of nitrogens with zero attached hydrogens (tertiary/aromatic N) is 4. The summed E-state index contributed by atoms with van der Waals surface area (Å²) >= 11 is 0. The minimum Gasteiger partial charge on any atom is -0.333 e. The Hall–Kier alpha value is -3.82. The van der Waals surface area contributed by atoms with Crippen LogP contribution in [-0.4, -0.2) is 26.6 Å². The SMILES string of the molecule is CCC(=NOc1ncc(F)cc1F)c1ccc(NC(=O)c2cncc(F)c2C)nc1. The van der Waals surface area contributed by atoms with Crippen molar-refractivity contribution in [2.24, 2.45) is 5.16 Å². The van der Waals surface area contributed by atoms with Crippen molar-refractivity contribution in [1.82, 2.24) is 15.0 Å². The molecule has 3 aromatic rings. The zero-order valence-corrected chi connectivity index (χ0v) is 16.0. The van der Waals surface area contributed by atoms with Crippen LogP contribution in [0.5, 0.6) is 5.88 Å². The quantitative estimate of drug-likeness (QED) is 0.485. The molecule has 7 nitrogen and oxygen atoms in total. The number of hydrogen-bond donors (Lipinski definition) is 1. The second kappa shape index (κ2) is 9.12. The fourth-order valence-corrected chi connectivity index (χ4v) is 2.44. The van der Waals surface area contributed by atoms with Gasteiger partial charge in [-0.1, -0.05) is 12.1 Å². The molecule has 0 radical (unpaired) electrons. The van der Waals surface area contributed by atoms with Gasteiger partial charge < -0.3 is 10.2 Å². The average molecular weight is 415 g/mol. The van der Waals surface area contributed by atoms with Gasteiger partial charge in [0.2, 0.25) is 0 Å². The molecule has 3 aromatic heterocycles. The molecule has 0 saturated carbocycles. The molecule has 0 aliphatic carbocycles. The molecule has 3 rings (SSSR count). The summed E-state index contributed by atoms with van der Waals surface area (Å²) in [6.45, 7) is 3.28. The first kappa shape index (κ1) is 20.9. The topological polar surface area (TPSA) is 89.4 Å². The Bertz CT molecular complexity index is 1100. The lowest BCUT2D eigenvalue weighted by molar-refractivity contribution is 0.102. The Morgan fingerprint density at radius 1 is 1.10 bits per heavy atom. The van der Waals surface area contributed by atoms with Gasteiger partial charge in [-0.2, -0.15) is 0 Å². The molecule has 0 aromatic carbocycles. The molecular weight excluding hydrogens is 399 g/mol. The maximum atomic E-state index is 13.6. The van der Waals surface area contributed by atoms with Crippen LogP contribution >= 0.6 is 0 Å². The van der Waals surface area contributed by atoms with E-state index in [0.717, 1.165) is 12.4 Å². The number of carbonyl (C=O) groups excluding carboxylic acids is 1. The lowest BCUT2D eigenvalue weighted by Gasteiger charge is -2.08. The standard InChI is InChI=1S/C20H16F3N5O2/c1-3-17(28-30-20-15(22)6-13(21)8-26-20)12-4-5-18(25-7-12)27-19(29)14-9-24-10-16(23)11(14)2/h4-10H,3H2,1-2H3,(H,25,27,29). The summed E-state index contributed by atoms with van der Waals surface area (Å²) in [4.78, 5) is 28.6. The number of nitrogens with one attached hydrogen (secondary N) is 1. The normalized spacial score (nSPS) is 11.3. The van der Waals surface area contributed by atoms with Crippen molar-refractivity contribution in [1.29, 1.82) is 0 Å². The predicted molar refractivity (Wildman–Crippen MR) is 103 cm³/mol. The smallest absolute Gasteiger partial charge is 0.284 e. The van der Waals surface area contributed by atoms with Gasteiger partial charge in [-0.05, 0) is 25.5 Å². The van der Waals surface area contributed by atoms with Crippen LogP contribution in [0, 0.1) is 24.4 Å². The predicted octanol–water partition coefficient (Wildman–Crippen LogP) is 4.04. The van der Waals surface area contributed by atoms with Crippen molar-refractivity contribution in [2.45, 2.75) is 20.3 Å². The number of amides is 1. The fourth-order valence-electron chi connectivity index (χ4n) is 2.44. The highest BCUT2D eigenvalue weighted by molar-refractivity contribution is 6.05. The second-order valence-electron chi connectivity index (χ2n) is 6.10. The minimum atomic E-state index is -0.979. The van der Waals surface area contributed by atoms with Gasteiger partial charge in [-0.15, -0.1) is 0 Å². The summed E-state index contributed by atoms with van der Waals surface area (Å²) in [5.41, 5.74) is 1.26. The van der Waals surface area contributed by atoms with Crippen LogP contribution in [0.1, 0.15) is 34.8 Å². The molecule has 1 amide bonds. The molecule has 0 unspecified atom stereocenters. The van der Waals surface area contributed by atoms with E-state index in [1.807, 2.05) is 0 Å². The third-order valence-electron chi connectivity index (χ3n) is 4.09. The van der Waals surface area contributed by atoms with Crippen LogP contribution < -0.4 is 10.2 Å². The molecule has 3 heterocycles. The van der Waals surface area contributed by atoms with Gasteiger partial charge >= 0.3 is 0 Å². The molecule has 0 atom stereocenters. The van der Waals surface area contributed by atoms with Gasteiger partial charge in [0, 0.05) is 29.6 Å². The maximum Gasteiger partial charge on any atom is 0.284 e. The fraction of sp³-hybridized carbons (Fsp3) is 0.150. The second-order valence-corrected chi connectivity index (χ2v) is 6.10. The molecule has 1 N–H and O–H groups in total. The first-order chi connectivity index (χ1) is 14.4. The summed E-state index contributed by atoms with van der Waals surface area (Å²) in [5, 5.41) is 6.41. The zero-order chi connectivity index (χ0) is 21.7. The molecule has 30 heavy (non-hydrogen) atoms. The van der Waals surface area contributed by atoms with Crippen molar-refractivity contribution >= 4 is 17.4 Å². The Morgan fingerprint density at radius 3 is 2.57 bits per heavy atom. The molecular formula is C20H16F3N5O2. The summed E-state index contributed by atoms with van der Waals surface area (Å²) in [6.07, 6.45) is 4.97. The van der Waals surface area contributed by atoms with Crippen molar-refractivity contribution in [3.63, 3.8) is 0 Å². The van der Waals surface area contributed by atoms with Crippen molar-refractivity contribution in [3.05, 3.63) is 77.1 Å². The number of halogens is 3. The van der Waals surface area contributed by atoms with Crippen LogP contribution in [0.2, 0.25) is 0 Å². The minimum absolute atomic E-state index is 0.0962. The third kappa shape index (κ3) is 4.77. The number of rotatable bonds is 6. The molecule has 154 valence electrons. The Kier molecular flexibility index (Phi) is 6.35. The van der Waals surface area contributed by atoms with Crippen LogP contribution in [0.25, 0.3) is 0 Å². The summed E-state index contributed by atoms with van der Waals surface area (Å²) in [6, 6.07) is 3.79. The van der Waals surface area contributed by atoms with Gasteiger partial charge in [0.1, 0.15) is 17.5 Å². The largest absolute Gasteiger partial charge is 0.333 e. The van der Waals surface area contributed by atoms with Crippen molar-refractivity contribution < 1.29 is 22.8 Å². The Morgan fingerprint density at radius 2 is 1.90 bits per heavy atom. The third-order valence-corrected chi connectivity index (χ3v) is 4.09. The van der Waals surface area contributed by atoms with Crippen molar-refractivity contribution in [2.75, 3.05) is 5.32 Å². The van der Waals surface area contributed by atoms with Gasteiger partial charge in [0.15, 0.2) is 5.82 Å². The Balaban J connectivity index is 1.73. The number of pyridine rings is 3. The van der Waals surface area contributed by atoms with E-state index in [4.69, 9.17) is 4.84 Å². The molecule has 0 aliphatic heterocycles. The maximum absolute atomic E-state index is 13.6. The van der Waals surface area contributed by atoms with Crippen LogP contribution in [-0.2, 0) is 0 Å². The summed E-state index contributed by atoms with van der Waals surface area (Å²) in [5.74, 6) is -3.17. The average Bonchev–Trinajstić information content (AvgIpc) is 2.73. The van der Waals surface area contributed by atoms with Gasteiger partial charge in [0.25, 0.3) is 11.8 Å². The first-order valence-electron chi connectivity index (χ1n) is 8.81. The lowest BCUT2D eigenvalue weighted by atomic mass is 10.1. The highest BCUT2D eigenvalue weighted by Gasteiger charge is 2.14. The van der Waals surface area contributed by atoms with E-state index >= 15 is 0 Å². The summed E-state index contributed by atoms with van der Waals surface area (Å²) in [7, 11) is 0. The van der Waals surface area contributed by atoms with E-state index in [1.165, 1.54) is 25.4 Å². The van der Waals surface area contributed by atoms with E-state index in [2.05, 4.69) is 25.4 Å². The van der Waals surface area contributed by atoms with E-state index in [1.54, 1.807) is 13.0 Å². The number of hydrogen-bond acceptors (Lipinski definition) is 6. The highest BCUT2D eigenvalue weighted by Crippen LogP contribution is 2.16. The molecule has 0 bridgehead atoms. The number of anilines is 1. The van der Waals surface area contributed by atoms with Crippen LogP contribution in [0.3, 0.4) is 0 Å². The number of oxime groups is 1. The van der Waals surface area contributed by atoms with E-state index in [9.17, 15) is 18.0 Å². The van der Waals surface area contributed by atoms with Gasteiger partial charge in [-0.25, -0.2) is 23.1 Å². The van der Waals surface area contributed by atoms with Crippen molar-refractivity contribution in [3.8, 4) is 5.88 Å². The van der Waals surface area contributed by atoms with Crippen LogP contribution in [0.15, 0.2) is 48.1 Å². The molecule has 0 saturated heterocycles. The lowest BCUT2D eigenvalue weighted by Crippen LogP contribution is -2.15. The molecule has 0 aliphatic rings. The molecule has 10 heteroatoms. The van der Waals surface area contributed by atoms with Crippen LogP contribution in [0.4, 0.5) is 19.0 Å². The Labute approximate surface area is 169 Å². The van der Waals surface area contributed by atoms with Gasteiger partial charge in [-0.3, -0.25) is 9.78 Å². The molecule has 0 spiro atoms. The van der Waals surface area contributed by atoms with Gasteiger partial charge in [0.05, 0.1) is 23.7 Å². The number of aromatic nitrogens is 3. The number of carbonyl (C=O) groups is 1. The molecule has 0 fully saturated rings. The summed E-state index contributed by atoms with van der Waals surface area (Å²) < 4.78 is 40.1. The van der Waals surface area contributed by atoms with E-state index in [-0.39, 0.29) is 16.9 Å².